The monoisotopic (exact) mass is 265 g/mol. The fourth-order valence-corrected chi connectivity index (χ4v) is 2.98. The van der Waals surface area contributed by atoms with E-state index in [0.717, 1.165) is 31.0 Å². The number of carbonyl (C=O) groups excluding carboxylic acids is 1. The van der Waals surface area contributed by atoms with Gasteiger partial charge in [0.05, 0.1) is 10.7 Å². The topological polar surface area (TPSA) is 20.3 Å². The summed E-state index contributed by atoms with van der Waals surface area (Å²) in [7, 11) is 0. The Kier molecular flexibility index (Phi) is 4.65. The van der Waals surface area contributed by atoms with Gasteiger partial charge in [0.25, 0.3) is 0 Å². The zero-order valence-electron chi connectivity index (χ0n) is 10.9. The van der Waals surface area contributed by atoms with E-state index in [0.29, 0.717) is 10.6 Å². The molecule has 1 unspecified atom stereocenters. The minimum Gasteiger partial charge on any atom is -0.370 e. The molecule has 1 aromatic rings. The molecule has 2 nitrogen and oxygen atoms in total. The van der Waals surface area contributed by atoms with Crippen molar-refractivity contribution < 1.29 is 4.79 Å². The Morgan fingerprint density at radius 1 is 1.39 bits per heavy atom. The average Bonchev–Trinajstić information content (AvgIpc) is 2.63. The molecule has 0 N–H and O–H groups in total. The minimum atomic E-state index is 0.644. The highest BCUT2D eigenvalue weighted by molar-refractivity contribution is 6.33. The molecule has 2 rings (SSSR count). The molecular formula is C15H20ClNO. The Labute approximate surface area is 114 Å². The van der Waals surface area contributed by atoms with E-state index in [9.17, 15) is 4.79 Å². The maximum atomic E-state index is 10.7. The number of benzene rings is 1. The van der Waals surface area contributed by atoms with E-state index >= 15 is 0 Å². The maximum Gasteiger partial charge on any atom is 0.150 e. The highest BCUT2D eigenvalue weighted by Gasteiger charge is 2.17. The van der Waals surface area contributed by atoms with Crippen LogP contribution in [0.4, 0.5) is 5.69 Å². The van der Waals surface area contributed by atoms with Crippen LogP contribution in [0.2, 0.25) is 5.02 Å². The fourth-order valence-electron chi connectivity index (χ4n) is 2.67. The van der Waals surface area contributed by atoms with Gasteiger partial charge in [-0.3, -0.25) is 4.79 Å². The largest absolute Gasteiger partial charge is 0.370 e. The van der Waals surface area contributed by atoms with Crippen molar-refractivity contribution in [3.05, 3.63) is 28.8 Å². The summed E-state index contributed by atoms with van der Waals surface area (Å²) < 4.78 is 0. The summed E-state index contributed by atoms with van der Waals surface area (Å²) in [5.41, 5.74) is 1.71. The van der Waals surface area contributed by atoms with Gasteiger partial charge in [0, 0.05) is 18.7 Å². The second-order valence-electron chi connectivity index (χ2n) is 5.02. The van der Waals surface area contributed by atoms with Gasteiger partial charge in [-0.2, -0.15) is 0 Å². The summed E-state index contributed by atoms with van der Waals surface area (Å²) in [5, 5.41) is 0.689. The first-order valence-electron chi connectivity index (χ1n) is 6.74. The van der Waals surface area contributed by atoms with Crippen molar-refractivity contribution in [3.63, 3.8) is 0 Å². The van der Waals surface area contributed by atoms with Crippen LogP contribution in [0.3, 0.4) is 0 Å². The first-order valence-corrected chi connectivity index (χ1v) is 7.12. The summed E-state index contributed by atoms with van der Waals surface area (Å²) in [6, 6.07) is 5.57. The predicted molar refractivity (Wildman–Crippen MR) is 76.7 cm³/mol. The van der Waals surface area contributed by atoms with E-state index in [2.05, 4.69) is 11.8 Å². The number of anilines is 1. The van der Waals surface area contributed by atoms with Crippen LogP contribution in [0.25, 0.3) is 0 Å². The molecule has 1 heterocycles. The third-order valence-corrected chi connectivity index (χ3v) is 4.18. The highest BCUT2D eigenvalue weighted by Crippen LogP contribution is 2.30. The lowest BCUT2D eigenvalue weighted by atomic mass is 9.98. The summed E-state index contributed by atoms with van der Waals surface area (Å²) in [6.45, 7) is 4.40. The zero-order valence-corrected chi connectivity index (χ0v) is 11.6. The Balaban J connectivity index is 2.13. The van der Waals surface area contributed by atoms with Crippen LogP contribution in [0.1, 0.15) is 43.0 Å². The molecule has 0 spiro atoms. The smallest absolute Gasteiger partial charge is 0.150 e. The second-order valence-corrected chi connectivity index (χ2v) is 5.43. The maximum absolute atomic E-state index is 10.7. The molecule has 1 fully saturated rings. The van der Waals surface area contributed by atoms with Crippen molar-refractivity contribution in [2.24, 2.45) is 5.92 Å². The van der Waals surface area contributed by atoms with Crippen LogP contribution < -0.4 is 4.90 Å². The SMILES string of the molecule is CCC1CCCN(c2ccc(C=O)cc2Cl)CC1. The number of carbonyl (C=O) groups is 1. The molecule has 0 aliphatic carbocycles. The van der Waals surface area contributed by atoms with Crippen molar-refractivity contribution >= 4 is 23.6 Å². The number of aldehydes is 1. The lowest BCUT2D eigenvalue weighted by molar-refractivity contribution is 0.112. The molecule has 1 aromatic carbocycles. The van der Waals surface area contributed by atoms with Gasteiger partial charge < -0.3 is 4.90 Å². The van der Waals surface area contributed by atoms with Crippen LogP contribution in [0, 0.1) is 5.92 Å². The van der Waals surface area contributed by atoms with E-state index < -0.39 is 0 Å². The van der Waals surface area contributed by atoms with Crippen LogP contribution in [-0.2, 0) is 0 Å². The van der Waals surface area contributed by atoms with Gasteiger partial charge in [-0.05, 0) is 43.4 Å². The summed E-state index contributed by atoms with van der Waals surface area (Å²) in [5.74, 6) is 0.850. The number of hydrogen-bond donors (Lipinski definition) is 0. The summed E-state index contributed by atoms with van der Waals surface area (Å²) in [6.07, 6.45) is 5.89. The molecule has 98 valence electrons. The molecule has 0 saturated carbocycles. The highest BCUT2D eigenvalue weighted by atomic mass is 35.5. The van der Waals surface area contributed by atoms with E-state index in [-0.39, 0.29) is 0 Å². The van der Waals surface area contributed by atoms with Gasteiger partial charge in [-0.25, -0.2) is 0 Å². The Morgan fingerprint density at radius 2 is 2.22 bits per heavy atom. The lowest BCUT2D eigenvalue weighted by Crippen LogP contribution is -2.24. The molecule has 3 heteroatoms. The number of halogens is 1. The van der Waals surface area contributed by atoms with Crippen LogP contribution >= 0.6 is 11.6 Å². The molecule has 18 heavy (non-hydrogen) atoms. The first-order chi connectivity index (χ1) is 8.74. The van der Waals surface area contributed by atoms with Crippen molar-refractivity contribution in [2.45, 2.75) is 32.6 Å². The van der Waals surface area contributed by atoms with Crippen LogP contribution in [-0.4, -0.2) is 19.4 Å². The van der Waals surface area contributed by atoms with E-state index in [1.807, 2.05) is 12.1 Å². The number of nitrogens with zero attached hydrogens (tertiary/aromatic N) is 1. The molecule has 0 aromatic heterocycles. The van der Waals surface area contributed by atoms with Gasteiger partial charge in [-0.15, -0.1) is 0 Å². The lowest BCUT2D eigenvalue weighted by Gasteiger charge is -2.24. The fraction of sp³-hybridized carbons (Fsp3) is 0.533. The Hall–Kier alpha value is -1.02. The Morgan fingerprint density at radius 3 is 2.89 bits per heavy atom. The molecule has 1 saturated heterocycles. The zero-order chi connectivity index (χ0) is 13.0. The third kappa shape index (κ3) is 3.05. The summed E-state index contributed by atoms with van der Waals surface area (Å²) >= 11 is 6.26. The minimum absolute atomic E-state index is 0.644. The van der Waals surface area contributed by atoms with Gasteiger partial charge in [0.1, 0.15) is 6.29 Å². The van der Waals surface area contributed by atoms with Gasteiger partial charge in [-0.1, -0.05) is 24.9 Å². The van der Waals surface area contributed by atoms with Crippen LogP contribution in [0.15, 0.2) is 18.2 Å². The van der Waals surface area contributed by atoms with Crippen molar-refractivity contribution in [1.29, 1.82) is 0 Å². The van der Waals surface area contributed by atoms with E-state index in [1.165, 1.54) is 25.7 Å². The van der Waals surface area contributed by atoms with E-state index in [4.69, 9.17) is 11.6 Å². The Bertz CT molecular complexity index is 419. The quantitative estimate of drug-likeness (QED) is 0.765. The van der Waals surface area contributed by atoms with Gasteiger partial charge in [0.15, 0.2) is 0 Å². The predicted octanol–water partition coefficient (Wildman–Crippen LogP) is 4.17. The van der Waals surface area contributed by atoms with Crippen molar-refractivity contribution in [2.75, 3.05) is 18.0 Å². The van der Waals surface area contributed by atoms with Gasteiger partial charge >= 0.3 is 0 Å². The van der Waals surface area contributed by atoms with Crippen molar-refractivity contribution in [1.82, 2.24) is 0 Å². The molecule has 0 amide bonds. The molecule has 1 atom stereocenters. The standard InChI is InChI=1S/C15H20ClNO/c1-2-12-4-3-8-17(9-7-12)15-6-5-13(11-18)10-14(15)16/h5-6,10-12H,2-4,7-9H2,1H3. The number of rotatable bonds is 3. The van der Waals surface area contributed by atoms with Crippen molar-refractivity contribution in [3.8, 4) is 0 Å². The van der Waals surface area contributed by atoms with Gasteiger partial charge in [0.2, 0.25) is 0 Å². The second kappa shape index (κ2) is 6.24. The first kappa shape index (κ1) is 13.4. The molecule has 1 aliphatic heterocycles. The molecule has 1 aliphatic rings. The molecular weight excluding hydrogens is 246 g/mol. The average molecular weight is 266 g/mol. The van der Waals surface area contributed by atoms with E-state index in [1.54, 1.807) is 6.07 Å². The number of hydrogen-bond acceptors (Lipinski definition) is 2. The third-order valence-electron chi connectivity index (χ3n) is 3.87. The normalized spacial score (nSPS) is 20.6. The molecule has 0 radical (unpaired) electrons. The van der Waals surface area contributed by atoms with Crippen LogP contribution in [0.5, 0.6) is 0 Å². The molecule has 0 bridgehead atoms. The summed E-state index contributed by atoms with van der Waals surface area (Å²) in [4.78, 5) is 13.1.